The van der Waals surface area contributed by atoms with Crippen molar-refractivity contribution >= 4 is 39.0 Å². The van der Waals surface area contributed by atoms with Gasteiger partial charge in [-0.25, -0.2) is 4.98 Å². The normalized spacial score (nSPS) is 11.2. The fourth-order valence-electron chi connectivity index (χ4n) is 2.99. The van der Waals surface area contributed by atoms with Crippen LogP contribution in [0.4, 0.5) is 0 Å². The van der Waals surface area contributed by atoms with E-state index in [0.29, 0.717) is 16.7 Å². The van der Waals surface area contributed by atoms with Gasteiger partial charge in [-0.1, -0.05) is 46.3 Å². The lowest BCUT2D eigenvalue weighted by Crippen LogP contribution is -2.22. The first-order valence-corrected chi connectivity index (χ1v) is 9.55. The van der Waals surface area contributed by atoms with Crippen LogP contribution in [0.5, 0.6) is 5.75 Å². The number of ether oxygens (including phenoxy) is 1. The lowest BCUT2D eigenvalue weighted by Gasteiger charge is -2.11. The Morgan fingerprint density at radius 3 is 2.36 bits per heavy atom. The summed E-state index contributed by atoms with van der Waals surface area (Å²) in [5.74, 6) is 1.37. The van der Waals surface area contributed by atoms with Crippen molar-refractivity contribution in [2.24, 2.45) is 0 Å². The molecule has 0 unspecified atom stereocenters. The largest absolute Gasteiger partial charge is 0.497 e. The Hall–Kier alpha value is -3.18. The predicted molar refractivity (Wildman–Crippen MR) is 117 cm³/mol. The molecule has 0 spiro atoms. The second-order valence-electron chi connectivity index (χ2n) is 6.21. The summed E-state index contributed by atoms with van der Waals surface area (Å²) in [6, 6.07) is 22.7. The number of hydrogen-bond donors (Lipinski definition) is 0. The van der Waals surface area contributed by atoms with E-state index in [0.717, 1.165) is 21.5 Å². The lowest BCUT2D eigenvalue weighted by atomic mass is 10.2. The second-order valence-corrected chi connectivity index (χ2v) is 7.13. The maximum atomic E-state index is 13.2. The Morgan fingerprint density at radius 2 is 1.64 bits per heavy atom. The molecule has 0 saturated carbocycles. The molecule has 3 aromatic carbocycles. The first kappa shape index (κ1) is 18.2. The lowest BCUT2D eigenvalue weighted by molar-refractivity contribution is 0.415. The van der Waals surface area contributed by atoms with Gasteiger partial charge in [0.15, 0.2) is 0 Å². The number of fused-ring (bicyclic) bond motifs is 1. The summed E-state index contributed by atoms with van der Waals surface area (Å²) < 4.78 is 7.78. The van der Waals surface area contributed by atoms with Gasteiger partial charge < -0.3 is 4.74 Å². The Balaban J connectivity index is 1.87. The smallest absolute Gasteiger partial charge is 0.266 e. The van der Waals surface area contributed by atoms with Crippen LogP contribution in [0, 0.1) is 0 Å². The fourth-order valence-corrected chi connectivity index (χ4v) is 3.25. The van der Waals surface area contributed by atoms with Crippen molar-refractivity contribution < 1.29 is 4.74 Å². The number of methoxy groups -OCH3 is 1. The van der Waals surface area contributed by atoms with Crippen molar-refractivity contribution in [3.05, 3.63) is 99.0 Å². The predicted octanol–water partition coefficient (Wildman–Crippen LogP) is 5.33. The summed E-state index contributed by atoms with van der Waals surface area (Å²) in [5, 5.41) is 0.590. The summed E-state index contributed by atoms with van der Waals surface area (Å²) in [7, 11) is 1.64. The van der Waals surface area contributed by atoms with Crippen molar-refractivity contribution in [3.8, 4) is 11.4 Å². The van der Waals surface area contributed by atoms with Gasteiger partial charge in [-0.05, 0) is 60.2 Å². The Bertz CT molecular complexity index is 1210. The average Bonchev–Trinajstić information content (AvgIpc) is 2.74. The number of rotatable bonds is 4. The third kappa shape index (κ3) is 3.62. The van der Waals surface area contributed by atoms with E-state index in [1.54, 1.807) is 17.7 Å². The van der Waals surface area contributed by atoms with Crippen LogP contribution in [-0.2, 0) is 0 Å². The number of aromatic nitrogens is 2. The first-order chi connectivity index (χ1) is 13.7. The molecule has 0 aliphatic rings. The molecule has 138 valence electrons. The highest BCUT2D eigenvalue weighted by Gasteiger charge is 2.10. The maximum absolute atomic E-state index is 13.2. The van der Waals surface area contributed by atoms with Crippen molar-refractivity contribution in [2.45, 2.75) is 0 Å². The molecule has 0 bridgehead atoms. The molecule has 5 heteroatoms. The molecule has 0 aliphatic carbocycles. The van der Waals surface area contributed by atoms with Crippen LogP contribution in [-0.4, -0.2) is 16.7 Å². The topological polar surface area (TPSA) is 44.1 Å². The van der Waals surface area contributed by atoms with Gasteiger partial charge in [0.25, 0.3) is 5.56 Å². The summed E-state index contributed by atoms with van der Waals surface area (Å²) in [6.07, 6.45) is 3.79. The molecule has 4 nitrogen and oxygen atoms in total. The minimum Gasteiger partial charge on any atom is -0.497 e. The van der Waals surface area contributed by atoms with Gasteiger partial charge in [0.2, 0.25) is 0 Å². The van der Waals surface area contributed by atoms with E-state index < -0.39 is 0 Å². The van der Waals surface area contributed by atoms with Gasteiger partial charge >= 0.3 is 0 Å². The van der Waals surface area contributed by atoms with Gasteiger partial charge in [-0.15, -0.1) is 0 Å². The SMILES string of the molecule is COc1ccc(/C=C\c2nc3ccccc3c(=O)n2-c2ccc(Br)cc2)cc1. The molecule has 0 amide bonds. The van der Waals surface area contributed by atoms with Gasteiger partial charge in [0.05, 0.1) is 23.7 Å². The summed E-state index contributed by atoms with van der Waals surface area (Å²) in [6.45, 7) is 0. The minimum atomic E-state index is -0.0951. The van der Waals surface area contributed by atoms with Crippen LogP contribution in [0.1, 0.15) is 11.4 Å². The molecule has 0 radical (unpaired) electrons. The van der Waals surface area contributed by atoms with Crippen molar-refractivity contribution in [3.63, 3.8) is 0 Å². The van der Waals surface area contributed by atoms with Crippen LogP contribution >= 0.6 is 15.9 Å². The number of halogens is 1. The Labute approximate surface area is 170 Å². The van der Waals surface area contributed by atoms with Gasteiger partial charge in [-0.2, -0.15) is 0 Å². The maximum Gasteiger partial charge on any atom is 0.266 e. The van der Waals surface area contributed by atoms with Crippen LogP contribution in [0.15, 0.2) is 82.1 Å². The van der Waals surface area contributed by atoms with E-state index in [1.807, 2.05) is 78.9 Å². The average molecular weight is 433 g/mol. The monoisotopic (exact) mass is 432 g/mol. The highest BCUT2D eigenvalue weighted by atomic mass is 79.9. The molecule has 0 aliphatic heterocycles. The van der Waals surface area contributed by atoms with E-state index >= 15 is 0 Å². The number of benzene rings is 3. The quantitative estimate of drug-likeness (QED) is 0.437. The second kappa shape index (κ2) is 7.82. The van der Waals surface area contributed by atoms with Gasteiger partial charge in [0, 0.05) is 4.47 Å². The summed E-state index contributed by atoms with van der Waals surface area (Å²) in [4.78, 5) is 17.9. The Kier molecular flexibility index (Phi) is 5.08. The highest BCUT2D eigenvalue weighted by molar-refractivity contribution is 9.10. The van der Waals surface area contributed by atoms with Crippen LogP contribution in [0.3, 0.4) is 0 Å². The zero-order valence-electron chi connectivity index (χ0n) is 15.2. The standard InChI is InChI=1S/C23H17BrN2O2/c1-28-19-13-6-16(7-14-19)8-15-22-25-21-5-3-2-4-20(21)23(27)26(22)18-11-9-17(24)10-12-18/h2-15H,1H3/b15-8-. The van der Waals surface area contributed by atoms with E-state index in [4.69, 9.17) is 9.72 Å². The number of hydrogen-bond acceptors (Lipinski definition) is 3. The Morgan fingerprint density at radius 1 is 0.929 bits per heavy atom. The van der Waals surface area contributed by atoms with E-state index in [2.05, 4.69) is 15.9 Å². The van der Waals surface area contributed by atoms with Gasteiger partial charge in [-0.3, -0.25) is 9.36 Å². The molecule has 28 heavy (non-hydrogen) atoms. The van der Waals surface area contributed by atoms with Crippen LogP contribution < -0.4 is 10.3 Å². The zero-order chi connectivity index (χ0) is 19.5. The summed E-state index contributed by atoms with van der Waals surface area (Å²) in [5.41, 5.74) is 2.34. The van der Waals surface area contributed by atoms with E-state index in [-0.39, 0.29) is 5.56 Å². The van der Waals surface area contributed by atoms with Crippen molar-refractivity contribution in [1.29, 1.82) is 0 Å². The molecule has 4 aromatic rings. The molecular weight excluding hydrogens is 416 g/mol. The van der Waals surface area contributed by atoms with Crippen LogP contribution in [0.25, 0.3) is 28.7 Å². The highest BCUT2D eigenvalue weighted by Crippen LogP contribution is 2.18. The fraction of sp³-hybridized carbons (Fsp3) is 0.0435. The molecule has 0 atom stereocenters. The van der Waals surface area contributed by atoms with Crippen molar-refractivity contribution in [1.82, 2.24) is 9.55 Å². The third-order valence-corrected chi connectivity index (χ3v) is 4.96. The van der Waals surface area contributed by atoms with Gasteiger partial charge in [0.1, 0.15) is 11.6 Å². The first-order valence-electron chi connectivity index (χ1n) is 8.75. The molecule has 4 rings (SSSR count). The van der Waals surface area contributed by atoms with Crippen molar-refractivity contribution in [2.75, 3.05) is 7.11 Å². The van der Waals surface area contributed by atoms with E-state index in [9.17, 15) is 4.79 Å². The molecule has 1 aromatic heterocycles. The number of para-hydroxylation sites is 1. The molecule has 0 saturated heterocycles. The molecular formula is C23H17BrN2O2. The number of nitrogens with zero attached hydrogens (tertiary/aromatic N) is 2. The van der Waals surface area contributed by atoms with E-state index in [1.165, 1.54) is 0 Å². The minimum absolute atomic E-state index is 0.0951. The third-order valence-electron chi connectivity index (χ3n) is 4.43. The van der Waals surface area contributed by atoms with Crippen LogP contribution in [0.2, 0.25) is 0 Å². The zero-order valence-corrected chi connectivity index (χ0v) is 16.8. The summed E-state index contributed by atoms with van der Waals surface area (Å²) >= 11 is 3.44. The molecule has 0 N–H and O–H groups in total. The molecule has 1 heterocycles. The molecule has 0 fully saturated rings.